The summed E-state index contributed by atoms with van der Waals surface area (Å²) in [5, 5.41) is 0. The largest absolute Gasteiger partial charge is 0.626 e. The van der Waals surface area contributed by atoms with Crippen LogP contribution in [0.4, 0.5) is 0 Å². The van der Waals surface area contributed by atoms with Crippen molar-refractivity contribution in [2.75, 3.05) is 20.1 Å². The minimum Gasteiger partial charge on any atom is -0.497 e. The fraction of sp³-hybridized carbons (Fsp3) is 0.357. The summed E-state index contributed by atoms with van der Waals surface area (Å²) in [6.07, 6.45) is 1.73. The van der Waals surface area contributed by atoms with Crippen LogP contribution in [-0.4, -0.2) is 56.1 Å². The molecule has 114 valence electrons. The molecule has 0 radical (unpaired) electrons. The summed E-state index contributed by atoms with van der Waals surface area (Å²) in [5.41, 5.74) is 0.873. The minimum absolute atomic E-state index is 0.0333. The van der Waals surface area contributed by atoms with E-state index in [1.807, 2.05) is 30.3 Å². The highest BCUT2D eigenvalue weighted by atomic mass is 16.6. The number of aliphatic imine (C=N–C) groups is 1. The number of carbonyl (C=O) groups is 2. The van der Waals surface area contributed by atoms with Gasteiger partial charge in [0.05, 0.1) is 13.1 Å². The Hall–Kier alpha value is -2.44. The van der Waals surface area contributed by atoms with Crippen LogP contribution in [0.5, 0.6) is 0 Å². The van der Waals surface area contributed by atoms with Gasteiger partial charge in [0.15, 0.2) is 0 Å². The van der Waals surface area contributed by atoms with E-state index in [1.54, 1.807) is 7.05 Å². The van der Waals surface area contributed by atoms with Gasteiger partial charge in [0.1, 0.15) is 5.94 Å². The van der Waals surface area contributed by atoms with Crippen molar-refractivity contribution < 1.29 is 23.7 Å². The van der Waals surface area contributed by atoms with Crippen LogP contribution < -0.4 is 0 Å². The third-order valence-corrected chi connectivity index (χ3v) is 3.11. The molecule has 1 aromatic carbocycles. The van der Waals surface area contributed by atoms with Crippen molar-refractivity contribution in [2.45, 2.75) is 12.4 Å². The molecule has 1 heterocycles. The smallest absolute Gasteiger partial charge is 0.497 e. The minimum atomic E-state index is -1.23. The van der Waals surface area contributed by atoms with Crippen molar-refractivity contribution in [1.82, 2.24) is 4.90 Å². The molecule has 0 aromatic heterocycles. The van der Waals surface area contributed by atoms with Crippen LogP contribution in [-0.2, 0) is 30.1 Å². The van der Waals surface area contributed by atoms with Crippen LogP contribution >= 0.6 is 0 Å². The Bertz CT molecular complexity index is 568. The van der Waals surface area contributed by atoms with Crippen LogP contribution in [0, 0.1) is 0 Å². The van der Waals surface area contributed by atoms with Crippen molar-refractivity contribution in [3.8, 4) is 0 Å². The summed E-state index contributed by atoms with van der Waals surface area (Å²) in [7, 11) is 0.379. The molecule has 2 rings (SSSR count). The Balaban J connectivity index is 2.16. The van der Waals surface area contributed by atoms with Crippen LogP contribution in [0.25, 0.3) is 0 Å². The third kappa shape index (κ3) is 4.54. The first-order valence-electron chi connectivity index (χ1n) is 6.77. The molecule has 0 amide bonds. The van der Waals surface area contributed by atoms with Gasteiger partial charge in [-0.05, 0) is 19.0 Å². The van der Waals surface area contributed by atoms with Crippen LogP contribution in [0.2, 0.25) is 0 Å². The number of nitrogens with zero attached hydrogens (tertiary/aromatic N) is 2. The molecular formula is C14H15BN2O5. The van der Waals surface area contributed by atoms with Gasteiger partial charge in [0.25, 0.3) is 0 Å². The third-order valence-electron chi connectivity index (χ3n) is 3.11. The molecule has 0 saturated carbocycles. The van der Waals surface area contributed by atoms with Gasteiger partial charge in [0.2, 0.25) is 6.08 Å². The lowest BCUT2D eigenvalue weighted by Crippen LogP contribution is -2.48. The number of hydrogen-bond donors (Lipinski definition) is 0. The zero-order valence-electron chi connectivity index (χ0n) is 12.1. The van der Waals surface area contributed by atoms with Crippen molar-refractivity contribution >= 4 is 25.1 Å². The van der Waals surface area contributed by atoms with Gasteiger partial charge in [-0.3, -0.25) is 14.5 Å². The Labute approximate surface area is 128 Å². The van der Waals surface area contributed by atoms with Crippen molar-refractivity contribution in [2.24, 2.45) is 4.99 Å². The Morgan fingerprint density at radius 3 is 2.36 bits per heavy atom. The maximum atomic E-state index is 11.7. The van der Waals surface area contributed by atoms with Gasteiger partial charge in [-0.25, -0.2) is 9.79 Å². The maximum absolute atomic E-state index is 11.7. The van der Waals surface area contributed by atoms with Gasteiger partial charge in [-0.2, -0.15) is 0 Å². The molecule has 8 heteroatoms. The molecule has 0 spiro atoms. The Kier molecular flexibility index (Phi) is 5.46. The molecule has 0 N–H and O–H groups in total. The highest BCUT2D eigenvalue weighted by Gasteiger charge is 2.40. The second kappa shape index (κ2) is 7.54. The lowest BCUT2D eigenvalue weighted by molar-refractivity contribution is -0.145. The average molecular weight is 302 g/mol. The number of benzene rings is 1. The molecular weight excluding hydrogens is 287 g/mol. The topological polar surface area (TPSA) is 85.3 Å². The van der Waals surface area contributed by atoms with E-state index in [4.69, 9.17) is 9.31 Å². The SMILES string of the molecule is CN1CC(=O)OB(C(Cc2ccccc2)N=C=O)OC(=O)C1. The number of isocyanates is 1. The van der Waals surface area contributed by atoms with Gasteiger partial charge in [-0.15, -0.1) is 0 Å². The molecule has 1 aromatic rings. The van der Waals surface area contributed by atoms with E-state index in [9.17, 15) is 14.4 Å². The predicted molar refractivity (Wildman–Crippen MR) is 77.5 cm³/mol. The molecule has 1 aliphatic rings. The number of hydrogen-bond acceptors (Lipinski definition) is 7. The van der Waals surface area contributed by atoms with E-state index in [0.717, 1.165) is 5.56 Å². The summed E-state index contributed by atoms with van der Waals surface area (Å²) < 4.78 is 10.2. The average Bonchev–Trinajstić information content (AvgIpc) is 2.45. The monoisotopic (exact) mass is 302 g/mol. The highest BCUT2D eigenvalue weighted by Crippen LogP contribution is 2.12. The second-order valence-electron chi connectivity index (χ2n) is 5.00. The molecule has 1 aliphatic heterocycles. The zero-order chi connectivity index (χ0) is 15.9. The van der Waals surface area contributed by atoms with E-state index in [2.05, 4.69) is 4.99 Å². The lowest BCUT2D eigenvalue weighted by atomic mass is 9.75. The summed E-state index contributed by atoms with van der Waals surface area (Å²) in [4.78, 5) is 39.2. The van der Waals surface area contributed by atoms with Crippen LogP contribution in [0.3, 0.4) is 0 Å². The molecule has 0 aliphatic carbocycles. The van der Waals surface area contributed by atoms with Crippen LogP contribution in [0.15, 0.2) is 35.3 Å². The Morgan fingerprint density at radius 2 is 1.82 bits per heavy atom. The zero-order valence-corrected chi connectivity index (χ0v) is 12.1. The normalized spacial score (nSPS) is 17.6. The molecule has 1 unspecified atom stereocenters. The van der Waals surface area contributed by atoms with Crippen molar-refractivity contribution in [3.63, 3.8) is 0 Å². The van der Waals surface area contributed by atoms with E-state index >= 15 is 0 Å². The van der Waals surface area contributed by atoms with Gasteiger partial charge >= 0.3 is 19.1 Å². The Morgan fingerprint density at radius 1 is 1.23 bits per heavy atom. The summed E-state index contributed by atoms with van der Waals surface area (Å²) in [5.74, 6) is -1.91. The fourth-order valence-corrected chi connectivity index (χ4v) is 2.14. The van der Waals surface area contributed by atoms with Crippen molar-refractivity contribution in [1.29, 1.82) is 0 Å². The van der Waals surface area contributed by atoms with Crippen molar-refractivity contribution in [3.05, 3.63) is 35.9 Å². The first-order chi connectivity index (χ1) is 10.6. The summed E-state index contributed by atoms with van der Waals surface area (Å²) in [6, 6.07) is 9.21. The molecule has 1 saturated heterocycles. The first-order valence-corrected chi connectivity index (χ1v) is 6.77. The molecule has 1 atom stereocenters. The second-order valence-corrected chi connectivity index (χ2v) is 5.00. The molecule has 7 nitrogen and oxygen atoms in total. The molecule has 1 fully saturated rings. The fourth-order valence-electron chi connectivity index (χ4n) is 2.14. The lowest BCUT2D eigenvalue weighted by Gasteiger charge is -2.24. The van der Waals surface area contributed by atoms with Gasteiger partial charge in [0, 0.05) is 0 Å². The predicted octanol–water partition coefficient (Wildman–Crippen LogP) is -0.00730. The maximum Gasteiger partial charge on any atom is 0.626 e. The van der Waals surface area contributed by atoms with Crippen LogP contribution in [0.1, 0.15) is 5.56 Å². The number of likely N-dealkylation sites (N-methyl/N-ethyl adjacent to an activating group) is 1. The summed E-state index contributed by atoms with van der Waals surface area (Å²) >= 11 is 0. The quantitative estimate of drug-likeness (QED) is 0.442. The van der Waals surface area contributed by atoms with E-state index in [0.29, 0.717) is 0 Å². The number of rotatable bonds is 4. The standard InChI is InChI=1S/C14H15BN2O5/c1-17-8-13(19)21-15(22-14(20)9-17)12(16-10-18)7-11-5-3-2-4-6-11/h2-6,12H,7-9H2,1H3. The van der Waals surface area contributed by atoms with E-state index in [-0.39, 0.29) is 19.5 Å². The van der Waals surface area contributed by atoms with Gasteiger partial charge < -0.3 is 9.31 Å². The molecule has 0 bridgehead atoms. The van der Waals surface area contributed by atoms with Gasteiger partial charge in [-0.1, -0.05) is 30.3 Å². The summed E-state index contributed by atoms with van der Waals surface area (Å²) in [6.45, 7) is -0.0665. The number of carbonyl (C=O) groups excluding carboxylic acids is 3. The highest BCUT2D eigenvalue weighted by molar-refractivity contribution is 6.51. The first kappa shape index (κ1) is 15.9. The van der Waals surface area contributed by atoms with E-state index < -0.39 is 25.0 Å². The molecule has 22 heavy (non-hydrogen) atoms. The van der Waals surface area contributed by atoms with E-state index in [1.165, 1.54) is 11.0 Å².